The van der Waals surface area contributed by atoms with Gasteiger partial charge in [-0.15, -0.1) is 0 Å². The zero-order chi connectivity index (χ0) is 23.0. The van der Waals surface area contributed by atoms with Crippen molar-refractivity contribution in [1.29, 1.82) is 0 Å². The number of fused-ring (bicyclic) bond motifs is 1. The Hall–Kier alpha value is -3.15. The zero-order valence-corrected chi connectivity index (χ0v) is 16.9. The first-order chi connectivity index (χ1) is 15.3. The first kappa shape index (κ1) is 22.1. The number of aliphatic hydroxyl groups is 4. The molecule has 1 fully saturated rings. The largest absolute Gasteiger partial charge is 0.507 e. The van der Waals surface area contributed by atoms with Crippen LogP contribution in [0.1, 0.15) is 0 Å². The van der Waals surface area contributed by atoms with Gasteiger partial charge in [-0.2, -0.15) is 0 Å². The number of hydrogen-bond donors (Lipinski definition) is 5. The van der Waals surface area contributed by atoms with Crippen molar-refractivity contribution in [2.45, 2.75) is 30.7 Å². The number of rotatable bonds is 5. The summed E-state index contributed by atoms with van der Waals surface area (Å²) in [5.41, 5.74) is 0.362. The third-order valence-corrected chi connectivity index (χ3v) is 5.33. The van der Waals surface area contributed by atoms with Crippen molar-refractivity contribution in [3.05, 3.63) is 52.9 Å². The quantitative estimate of drug-likeness (QED) is 0.370. The number of phenolic OH excluding ortho intramolecular Hbond substituents is 1. The minimum atomic E-state index is -1.63. The van der Waals surface area contributed by atoms with Crippen LogP contribution in [0.25, 0.3) is 22.1 Å². The van der Waals surface area contributed by atoms with Crippen molar-refractivity contribution < 1.29 is 44.2 Å². The van der Waals surface area contributed by atoms with Crippen LogP contribution in [0.2, 0.25) is 0 Å². The van der Waals surface area contributed by atoms with Crippen molar-refractivity contribution in [3.63, 3.8) is 0 Å². The Bertz CT molecular complexity index is 1150. The summed E-state index contributed by atoms with van der Waals surface area (Å²) in [4.78, 5) is 13.0. The average Bonchev–Trinajstić information content (AvgIpc) is 2.79. The van der Waals surface area contributed by atoms with E-state index < -0.39 is 48.5 Å². The van der Waals surface area contributed by atoms with Crippen LogP contribution in [0.15, 0.2) is 51.9 Å². The van der Waals surface area contributed by atoms with E-state index in [1.165, 1.54) is 19.4 Å². The molecule has 2 heterocycles. The Balaban J connectivity index is 1.66. The summed E-state index contributed by atoms with van der Waals surface area (Å²) in [6.45, 7) is -0.614. The molecule has 0 saturated carbocycles. The van der Waals surface area contributed by atoms with Crippen LogP contribution >= 0.6 is 0 Å². The predicted octanol–water partition coefficient (Wildman–Crippen LogP) is 0.353. The van der Waals surface area contributed by atoms with Gasteiger partial charge in [-0.05, 0) is 17.7 Å². The highest BCUT2D eigenvalue weighted by Crippen LogP contribution is 2.32. The molecule has 1 saturated heterocycles. The van der Waals surface area contributed by atoms with E-state index >= 15 is 0 Å². The van der Waals surface area contributed by atoms with Gasteiger partial charge in [-0.1, -0.05) is 12.1 Å². The Morgan fingerprint density at radius 1 is 1.00 bits per heavy atom. The van der Waals surface area contributed by atoms with Crippen LogP contribution in [0.4, 0.5) is 0 Å². The maximum Gasteiger partial charge on any atom is 0.229 e. The Morgan fingerprint density at radius 2 is 1.72 bits per heavy atom. The smallest absolute Gasteiger partial charge is 0.229 e. The second kappa shape index (κ2) is 8.77. The molecule has 2 aromatic carbocycles. The van der Waals surface area contributed by atoms with Gasteiger partial charge in [0.05, 0.1) is 19.3 Å². The maximum atomic E-state index is 13.0. The Kier molecular flexibility index (Phi) is 6.04. The Morgan fingerprint density at radius 3 is 2.38 bits per heavy atom. The monoisotopic (exact) mass is 446 g/mol. The number of hydrogen-bond acceptors (Lipinski definition) is 10. The summed E-state index contributed by atoms with van der Waals surface area (Å²) >= 11 is 0. The van der Waals surface area contributed by atoms with Crippen LogP contribution < -0.4 is 14.9 Å². The molecule has 10 nitrogen and oxygen atoms in total. The van der Waals surface area contributed by atoms with Gasteiger partial charge in [0.1, 0.15) is 58.9 Å². The highest BCUT2D eigenvalue weighted by Gasteiger charge is 2.44. The molecule has 3 aromatic rings. The van der Waals surface area contributed by atoms with Crippen LogP contribution in [0, 0.1) is 0 Å². The fraction of sp³-hybridized carbons (Fsp3) is 0.318. The number of phenols is 1. The zero-order valence-electron chi connectivity index (χ0n) is 16.9. The van der Waals surface area contributed by atoms with E-state index in [4.69, 9.17) is 18.6 Å². The molecule has 1 aromatic heterocycles. The normalized spacial score (nSPS) is 25.6. The highest BCUT2D eigenvalue weighted by molar-refractivity contribution is 5.88. The van der Waals surface area contributed by atoms with E-state index in [1.54, 1.807) is 24.3 Å². The number of aromatic hydroxyl groups is 1. The van der Waals surface area contributed by atoms with Crippen LogP contribution in [0.3, 0.4) is 0 Å². The molecule has 1 aliphatic heterocycles. The molecular formula is C22H22O10. The van der Waals surface area contributed by atoms with Crippen LogP contribution in [-0.2, 0) is 4.74 Å². The lowest BCUT2D eigenvalue weighted by Crippen LogP contribution is -2.60. The molecule has 5 N–H and O–H groups in total. The van der Waals surface area contributed by atoms with Crippen molar-refractivity contribution >= 4 is 11.0 Å². The maximum absolute atomic E-state index is 13.0. The molecule has 5 atom stereocenters. The molecule has 170 valence electrons. The van der Waals surface area contributed by atoms with E-state index in [2.05, 4.69) is 0 Å². The van der Waals surface area contributed by atoms with Crippen molar-refractivity contribution in [1.82, 2.24) is 0 Å². The second-order valence-electron chi connectivity index (χ2n) is 7.34. The van der Waals surface area contributed by atoms with Crippen molar-refractivity contribution in [3.8, 4) is 28.4 Å². The molecular weight excluding hydrogens is 424 g/mol. The Labute approximate surface area is 181 Å². The molecule has 0 unspecified atom stereocenters. The van der Waals surface area contributed by atoms with Gasteiger partial charge in [0.2, 0.25) is 11.7 Å². The summed E-state index contributed by atoms with van der Waals surface area (Å²) in [6.07, 6.45) is -6.14. The lowest BCUT2D eigenvalue weighted by atomic mass is 9.99. The molecule has 32 heavy (non-hydrogen) atoms. The summed E-state index contributed by atoms with van der Waals surface area (Å²) in [7, 11) is 1.53. The van der Waals surface area contributed by atoms with Crippen molar-refractivity contribution in [2.75, 3.05) is 13.7 Å². The molecule has 0 bridgehead atoms. The van der Waals surface area contributed by atoms with Gasteiger partial charge < -0.3 is 44.2 Å². The third kappa shape index (κ3) is 3.90. The highest BCUT2D eigenvalue weighted by atomic mass is 16.7. The van der Waals surface area contributed by atoms with Crippen LogP contribution in [-0.4, -0.2) is 70.0 Å². The summed E-state index contributed by atoms with van der Waals surface area (Å²) in [6, 6.07) is 9.20. The number of benzene rings is 2. The number of ether oxygens (including phenoxy) is 3. The molecule has 0 spiro atoms. The van der Waals surface area contributed by atoms with Crippen molar-refractivity contribution in [2.24, 2.45) is 0 Å². The van der Waals surface area contributed by atoms with Gasteiger partial charge in [-0.3, -0.25) is 4.79 Å². The topological polar surface area (TPSA) is 159 Å². The summed E-state index contributed by atoms with van der Waals surface area (Å²) in [5, 5.41) is 49.6. The lowest BCUT2D eigenvalue weighted by Gasteiger charge is -2.39. The summed E-state index contributed by atoms with van der Waals surface area (Å²) < 4.78 is 21.4. The first-order valence-electron chi connectivity index (χ1n) is 9.74. The van der Waals surface area contributed by atoms with E-state index in [-0.39, 0.29) is 22.3 Å². The van der Waals surface area contributed by atoms with Crippen LogP contribution in [0.5, 0.6) is 17.2 Å². The van der Waals surface area contributed by atoms with E-state index in [1.807, 2.05) is 0 Å². The minimum absolute atomic E-state index is 0.0202. The molecule has 0 amide bonds. The van der Waals surface area contributed by atoms with E-state index in [0.717, 1.165) is 6.07 Å². The van der Waals surface area contributed by atoms with Gasteiger partial charge in [0, 0.05) is 12.1 Å². The van der Waals surface area contributed by atoms with Gasteiger partial charge >= 0.3 is 0 Å². The standard InChI is InChI=1S/C22H22O10/c1-29-11-4-2-10(3-5-11)13-9-30-15-7-12(6-14(24)17(15)18(13)25)31-22-21(28)20(27)19(26)16(8-23)32-22/h2-7,9,16,19-24,26-28H,8H2,1H3/t16-,19-,20-,21-,22+/m1/s1. The van der Waals surface area contributed by atoms with Gasteiger partial charge in [0.15, 0.2) is 0 Å². The fourth-order valence-electron chi connectivity index (χ4n) is 3.54. The first-order valence-corrected chi connectivity index (χ1v) is 9.74. The third-order valence-electron chi connectivity index (χ3n) is 5.33. The molecule has 1 aliphatic rings. The molecule has 10 heteroatoms. The fourth-order valence-corrected chi connectivity index (χ4v) is 3.54. The van der Waals surface area contributed by atoms with E-state index in [9.17, 15) is 30.3 Å². The predicted molar refractivity (Wildman–Crippen MR) is 111 cm³/mol. The SMILES string of the molecule is COc1ccc(-c2coc3cc(O[C@H]4O[C@H](CO)[C@@H](O)[C@@H](O)[C@H]4O)cc(O)c3c2=O)cc1. The minimum Gasteiger partial charge on any atom is -0.507 e. The number of methoxy groups -OCH3 is 1. The van der Waals surface area contributed by atoms with Gasteiger partial charge in [0.25, 0.3) is 0 Å². The van der Waals surface area contributed by atoms with E-state index in [0.29, 0.717) is 11.3 Å². The average molecular weight is 446 g/mol. The molecule has 0 radical (unpaired) electrons. The second-order valence-corrected chi connectivity index (χ2v) is 7.34. The lowest BCUT2D eigenvalue weighted by molar-refractivity contribution is -0.277. The summed E-state index contributed by atoms with van der Waals surface area (Å²) in [5.74, 6) is 0.169. The van der Waals surface area contributed by atoms with Gasteiger partial charge in [-0.25, -0.2) is 0 Å². The molecule has 0 aliphatic carbocycles. The molecule has 4 rings (SSSR count). The number of aliphatic hydroxyl groups excluding tert-OH is 4.